The Morgan fingerprint density at radius 3 is 2.50 bits per heavy atom. The van der Waals surface area contributed by atoms with Crippen LogP contribution in [-0.2, 0) is 35.0 Å². The number of benzene rings is 1. The van der Waals surface area contributed by atoms with Gasteiger partial charge >= 0.3 is 17.9 Å². The van der Waals surface area contributed by atoms with E-state index in [1.807, 2.05) is 30.3 Å². The molecule has 4 atom stereocenters. The van der Waals surface area contributed by atoms with E-state index in [0.717, 1.165) is 11.8 Å². The van der Waals surface area contributed by atoms with E-state index in [1.54, 1.807) is 20.8 Å². The summed E-state index contributed by atoms with van der Waals surface area (Å²) in [5.74, 6) is -4.24. The number of carbonyl (C=O) groups is 4. The summed E-state index contributed by atoms with van der Waals surface area (Å²) in [5, 5.41) is 2.36. The van der Waals surface area contributed by atoms with Crippen LogP contribution < -0.4 is 10.9 Å². The molecule has 3 rings (SSSR count). The van der Waals surface area contributed by atoms with E-state index in [-0.39, 0.29) is 12.0 Å². The number of esters is 3. The Labute approximate surface area is 207 Å². The molecule has 2 aromatic rings. The van der Waals surface area contributed by atoms with Gasteiger partial charge in [0, 0.05) is 6.20 Å². The topological polar surface area (TPSA) is 154 Å². The first-order chi connectivity index (χ1) is 17.1. The first-order valence-corrected chi connectivity index (χ1v) is 11.5. The molecule has 2 N–H and O–H groups in total. The number of aromatic nitrogens is 2. The molecule has 2 heterocycles. The number of nitrogens with zero attached hydrogens (tertiary/aromatic N) is 1. The molecule has 1 aliphatic rings. The highest BCUT2D eigenvalue weighted by atomic mass is 16.6. The van der Waals surface area contributed by atoms with E-state index in [0.29, 0.717) is 5.82 Å². The third-order valence-corrected chi connectivity index (χ3v) is 5.64. The van der Waals surface area contributed by atoms with Crippen LogP contribution in [0.15, 0.2) is 41.3 Å². The number of aryl methyl sites for hydroxylation is 1. The Bertz CT molecular complexity index is 1180. The summed E-state index contributed by atoms with van der Waals surface area (Å²) in [6, 6.07) is 7.67. The van der Waals surface area contributed by atoms with Gasteiger partial charge in [0.2, 0.25) is 0 Å². The number of H-pyrrole nitrogens is 1. The van der Waals surface area contributed by atoms with E-state index in [1.165, 1.54) is 6.92 Å². The van der Waals surface area contributed by atoms with Crippen molar-refractivity contribution in [2.24, 2.45) is 11.8 Å². The van der Waals surface area contributed by atoms with Crippen LogP contribution in [0.5, 0.6) is 0 Å². The summed E-state index contributed by atoms with van der Waals surface area (Å²) in [6.45, 7) is 5.80. The average Bonchev–Trinajstić information content (AvgIpc) is 2.86. The van der Waals surface area contributed by atoms with Crippen molar-refractivity contribution in [1.82, 2.24) is 15.3 Å². The molecule has 11 heteroatoms. The highest BCUT2D eigenvalue weighted by Crippen LogP contribution is 2.24. The van der Waals surface area contributed by atoms with Crippen LogP contribution in [0.1, 0.15) is 42.5 Å². The Hall–Kier alpha value is -4.02. The maximum absolute atomic E-state index is 13.2. The standard InChI is InChI=1S/C25H29N3O8/c1-13(2)23(31)36-20-14(3)35-25(33)19(28-22(30)18-11-26-15(4)27-21(18)29)12-34-24(32)17(20)10-16-8-6-5-7-9-16/h5-9,11,13-14,17,19-20H,10,12H2,1-4H3,(H,28,30)(H,26,27,29)/t14-,17?,19-,20?/m0/s1. The molecular weight excluding hydrogens is 470 g/mol. The molecule has 36 heavy (non-hydrogen) atoms. The van der Waals surface area contributed by atoms with Gasteiger partial charge in [0.15, 0.2) is 12.1 Å². The summed E-state index contributed by atoms with van der Waals surface area (Å²) < 4.78 is 16.5. The molecule has 1 amide bonds. The molecule has 0 aliphatic carbocycles. The summed E-state index contributed by atoms with van der Waals surface area (Å²) in [5.41, 5.74) is -0.220. The molecule has 0 spiro atoms. The molecule has 0 saturated carbocycles. The number of hydrogen-bond acceptors (Lipinski definition) is 9. The summed E-state index contributed by atoms with van der Waals surface area (Å²) in [6.07, 6.45) is -0.923. The molecule has 0 bridgehead atoms. The van der Waals surface area contributed by atoms with Crippen molar-refractivity contribution in [3.63, 3.8) is 0 Å². The highest BCUT2D eigenvalue weighted by molar-refractivity contribution is 5.96. The first-order valence-electron chi connectivity index (χ1n) is 11.5. The zero-order chi connectivity index (χ0) is 26.4. The van der Waals surface area contributed by atoms with Gasteiger partial charge < -0.3 is 24.5 Å². The summed E-state index contributed by atoms with van der Waals surface area (Å²) >= 11 is 0. The smallest absolute Gasteiger partial charge is 0.332 e. The molecular formula is C25H29N3O8. The summed E-state index contributed by atoms with van der Waals surface area (Å²) in [7, 11) is 0. The quantitative estimate of drug-likeness (QED) is 0.439. The SMILES string of the molecule is Cc1ncc(C(=O)N[C@H]2COC(=O)C(Cc3ccccc3)C(OC(=O)C(C)C)[C@H](C)OC2=O)c(=O)[nH]1. The Kier molecular flexibility index (Phi) is 8.57. The lowest BCUT2D eigenvalue weighted by Gasteiger charge is -2.29. The average molecular weight is 500 g/mol. The van der Waals surface area contributed by atoms with E-state index >= 15 is 0 Å². The minimum atomic E-state index is -1.40. The van der Waals surface area contributed by atoms with Gasteiger partial charge in [-0.3, -0.25) is 19.2 Å². The molecule has 1 saturated heterocycles. The van der Waals surface area contributed by atoms with Crippen molar-refractivity contribution in [3.05, 3.63) is 63.8 Å². The van der Waals surface area contributed by atoms with Gasteiger partial charge in [0.05, 0.1) is 5.92 Å². The van der Waals surface area contributed by atoms with Crippen molar-refractivity contribution in [3.8, 4) is 0 Å². The predicted octanol–water partition coefficient (Wildman–Crippen LogP) is 1.09. The van der Waals surface area contributed by atoms with Gasteiger partial charge in [-0.25, -0.2) is 9.78 Å². The van der Waals surface area contributed by atoms with E-state index in [9.17, 15) is 24.0 Å². The van der Waals surface area contributed by atoms with Gasteiger partial charge in [0.1, 0.15) is 30.0 Å². The third kappa shape index (κ3) is 6.55. The lowest BCUT2D eigenvalue weighted by Crippen LogP contribution is -2.47. The summed E-state index contributed by atoms with van der Waals surface area (Å²) in [4.78, 5) is 69.5. The lowest BCUT2D eigenvalue weighted by molar-refractivity contribution is -0.176. The van der Waals surface area contributed by atoms with Crippen LogP contribution in [0, 0.1) is 18.8 Å². The van der Waals surface area contributed by atoms with Crippen LogP contribution in [0.2, 0.25) is 0 Å². The fraction of sp³-hybridized carbons (Fsp3) is 0.440. The molecule has 192 valence electrons. The number of ether oxygens (including phenoxy) is 3. The Balaban J connectivity index is 1.87. The van der Waals surface area contributed by atoms with E-state index < -0.39 is 66.1 Å². The van der Waals surface area contributed by atoms with Gasteiger partial charge in [-0.1, -0.05) is 44.2 Å². The first kappa shape index (κ1) is 26.6. The lowest BCUT2D eigenvalue weighted by atomic mass is 9.91. The van der Waals surface area contributed by atoms with E-state index in [2.05, 4.69) is 15.3 Å². The molecule has 1 aromatic heterocycles. The second-order valence-electron chi connectivity index (χ2n) is 8.86. The van der Waals surface area contributed by atoms with Gasteiger partial charge in [-0.2, -0.15) is 0 Å². The minimum absolute atomic E-state index is 0.166. The zero-order valence-electron chi connectivity index (χ0n) is 20.5. The largest absolute Gasteiger partial charge is 0.463 e. The Morgan fingerprint density at radius 1 is 1.17 bits per heavy atom. The van der Waals surface area contributed by atoms with Crippen LogP contribution in [-0.4, -0.2) is 58.6 Å². The van der Waals surface area contributed by atoms with Crippen LogP contribution in [0.25, 0.3) is 0 Å². The number of hydrogen-bond donors (Lipinski definition) is 2. The second kappa shape index (κ2) is 11.6. The predicted molar refractivity (Wildman–Crippen MR) is 126 cm³/mol. The van der Waals surface area contributed by atoms with Crippen molar-refractivity contribution in [1.29, 1.82) is 0 Å². The van der Waals surface area contributed by atoms with Crippen LogP contribution in [0.4, 0.5) is 0 Å². The number of nitrogens with one attached hydrogen (secondary N) is 2. The van der Waals surface area contributed by atoms with E-state index in [4.69, 9.17) is 14.2 Å². The van der Waals surface area contributed by atoms with Crippen LogP contribution in [0.3, 0.4) is 0 Å². The van der Waals surface area contributed by atoms with Crippen molar-refractivity contribution < 1.29 is 33.4 Å². The second-order valence-corrected chi connectivity index (χ2v) is 8.86. The number of cyclic esters (lactones) is 2. The van der Waals surface area contributed by atoms with Crippen molar-refractivity contribution >= 4 is 23.8 Å². The molecule has 1 aliphatic heterocycles. The fourth-order valence-corrected chi connectivity index (χ4v) is 3.63. The number of aromatic amines is 1. The third-order valence-electron chi connectivity index (χ3n) is 5.64. The monoisotopic (exact) mass is 499 g/mol. The minimum Gasteiger partial charge on any atom is -0.463 e. The molecule has 2 unspecified atom stereocenters. The molecule has 11 nitrogen and oxygen atoms in total. The van der Waals surface area contributed by atoms with Gasteiger partial charge in [0.25, 0.3) is 11.5 Å². The Morgan fingerprint density at radius 2 is 1.86 bits per heavy atom. The van der Waals surface area contributed by atoms with Gasteiger partial charge in [-0.05, 0) is 25.8 Å². The molecule has 1 aromatic carbocycles. The maximum atomic E-state index is 13.2. The number of carbonyl (C=O) groups excluding carboxylic acids is 4. The van der Waals surface area contributed by atoms with Gasteiger partial charge in [-0.15, -0.1) is 0 Å². The number of rotatable bonds is 6. The molecule has 0 radical (unpaired) electrons. The van der Waals surface area contributed by atoms with Crippen LogP contribution >= 0.6 is 0 Å². The number of amides is 1. The van der Waals surface area contributed by atoms with Crippen molar-refractivity contribution in [2.45, 2.75) is 52.4 Å². The fourth-order valence-electron chi connectivity index (χ4n) is 3.63. The van der Waals surface area contributed by atoms with Crippen molar-refractivity contribution in [2.75, 3.05) is 6.61 Å². The maximum Gasteiger partial charge on any atom is 0.332 e. The normalized spacial score (nSPS) is 22.5. The molecule has 1 fully saturated rings. The zero-order valence-corrected chi connectivity index (χ0v) is 20.5. The highest BCUT2D eigenvalue weighted by Gasteiger charge is 2.42.